The van der Waals surface area contributed by atoms with Gasteiger partial charge in [0.1, 0.15) is 0 Å². The molecule has 1 aliphatic rings. The van der Waals surface area contributed by atoms with Crippen LogP contribution in [0.5, 0.6) is 0 Å². The van der Waals surface area contributed by atoms with E-state index in [1.54, 1.807) is 0 Å². The van der Waals surface area contributed by atoms with Crippen molar-refractivity contribution in [2.75, 3.05) is 0 Å². The second-order valence-electron chi connectivity index (χ2n) is 6.40. The summed E-state index contributed by atoms with van der Waals surface area (Å²) in [5.74, 6) is 0.281. The lowest BCUT2D eigenvalue weighted by atomic mass is 9.76. The molecule has 2 nitrogen and oxygen atoms in total. The fourth-order valence-corrected chi connectivity index (χ4v) is 3.46. The SMILES string of the molecule is Cc1cc2c(n1-c1ccc(I)cc1)CC(C)(C)CC2=O. The molecule has 0 unspecified atom stereocenters. The molecule has 0 saturated heterocycles. The van der Waals surface area contributed by atoms with Gasteiger partial charge in [-0.2, -0.15) is 0 Å². The monoisotopic (exact) mass is 379 g/mol. The lowest BCUT2D eigenvalue weighted by Gasteiger charge is -2.29. The van der Waals surface area contributed by atoms with Crippen LogP contribution < -0.4 is 0 Å². The highest BCUT2D eigenvalue weighted by Crippen LogP contribution is 2.37. The van der Waals surface area contributed by atoms with Gasteiger partial charge in [-0.05, 0) is 71.7 Å². The summed E-state index contributed by atoms with van der Waals surface area (Å²) in [7, 11) is 0. The zero-order chi connectivity index (χ0) is 14.5. The minimum absolute atomic E-state index is 0.0514. The standard InChI is InChI=1S/C17H18INO/c1-11-8-14-15(9-17(2,3)10-16(14)20)19(11)13-6-4-12(18)5-7-13/h4-8H,9-10H2,1-3H3. The Morgan fingerprint density at radius 2 is 1.80 bits per heavy atom. The van der Waals surface area contributed by atoms with E-state index in [1.165, 1.54) is 9.26 Å². The molecule has 0 aliphatic heterocycles. The van der Waals surface area contributed by atoms with Crippen molar-refractivity contribution in [3.63, 3.8) is 0 Å². The van der Waals surface area contributed by atoms with Gasteiger partial charge in [-0.3, -0.25) is 4.79 Å². The third-order valence-corrected chi connectivity index (χ3v) is 4.68. The first-order valence-corrected chi connectivity index (χ1v) is 7.96. The van der Waals surface area contributed by atoms with E-state index >= 15 is 0 Å². The molecule has 1 heterocycles. The minimum atomic E-state index is 0.0514. The maximum Gasteiger partial charge on any atom is 0.165 e. The molecule has 2 aromatic rings. The average molecular weight is 379 g/mol. The first kappa shape index (κ1) is 13.9. The second kappa shape index (κ2) is 4.72. The third kappa shape index (κ3) is 2.32. The number of nitrogens with zero attached hydrogens (tertiary/aromatic N) is 1. The van der Waals surface area contributed by atoms with Crippen LogP contribution in [0.25, 0.3) is 5.69 Å². The van der Waals surface area contributed by atoms with E-state index in [9.17, 15) is 4.79 Å². The molecule has 0 radical (unpaired) electrons. The number of benzene rings is 1. The fourth-order valence-electron chi connectivity index (χ4n) is 3.10. The molecule has 104 valence electrons. The Hall–Kier alpha value is -1.10. The van der Waals surface area contributed by atoms with E-state index in [0.29, 0.717) is 6.42 Å². The van der Waals surface area contributed by atoms with E-state index in [1.807, 2.05) is 6.07 Å². The normalized spacial score (nSPS) is 17.1. The van der Waals surface area contributed by atoms with Crippen LogP contribution >= 0.6 is 22.6 Å². The Bertz CT molecular complexity index is 680. The zero-order valence-electron chi connectivity index (χ0n) is 12.0. The molecule has 0 amide bonds. The number of ketones is 1. The third-order valence-electron chi connectivity index (χ3n) is 3.96. The molecule has 0 N–H and O–H groups in total. The van der Waals surface area contributed by atoms with Crippen molar-refractivity contribution in [3.8, 4) is 5.69 Å². The van der Waals surface area contributed by atoms with Gasteiger partial charge in [0.2, 0.25) is 0 Å². The van der Waals surface area contributed by atoms with Crippen molar-refractivity contribution in [2.45, 2.75) is 33.6 Å². The van der Waals surface area contributed by atoms with Gasteiger partial charge in [0.15, 0.2) is 5.78 Å². The van der Waals surface area contributed by atoms with E-state index in [2.05, 4.69) is 72.2 Å². The number of carbonyl (C=O) groups is 1. The first-order valence-electron chi connectivity index (χ1n) is 6.88. The number of fused-ring (bicyclic) bond motifs is 1. The van der Waals surface area contributed by atoms with E-state index in [0.717, 1.165) is 23.4 Å². The molecule has 20 heavy (non-hydrogen) atoms. The summed E-state index contributed by atoms with van der Waals surface area (Å²) in [6, 6.07) is 10.5. The summed E-state index contributed by atoms with van der Waals surface area (Å²) in [4.78, 5) is 12.3. The van der Waals surface area contributed by atoms with Crippen molar-refractivity contribution in [1.82, 2.24) is 4.57 Å². The summed E-state index contributed by atoms with van der Waals surface area (Å²) in [5, 5.41) is 0. The number of Topliss-reactive ketones (excluding diaryl/α,β-unsaturated/α-hetero) is 1. The second-order valence-corrected chi connectivity index (χ2v) is 7.64. The van der Waals surface area contributed by atoms with Crippen molar-refractivity contribution in [3.05, 3.63) is 50.9 Å². The Labute approximate surface area is 133 Å². The number of halogens is 1. The summed E-state index contributed by atoms with van der Waals surface area (Å²) in [5.41, 5.74) is 4.43. The molecular weight excluding hydrogens is 361 g/mol. The maximum absolute atomic E-state index is 12.3. The largest absolute Gasteiger partial charge is 0.317 e. The molecule has 0 atom stereocenters. The first-order chi connectivity index (χ1) is 9.37. The Morgan fingerprint density at radius 1 is 1.15 bits per heavy atom. The van der Waals surface area contributed by atoms with Crippen molar-refractivity contribution >= 4 is 28.4 Å². The smallest absolute Gasteiger partial charge is 0.165 e. The summed E-state index contributed by atoms with van der Waals surface area (Å²) in [6.07, 6.45) is 1.60. The lowest BCUT2D eigenvalue weighted by molar-refractivity contribution is 0.0911. The molecule has 1 aromatic carbocycles. The van der Waals surface area contributed by atoms with Crippen LogP contribution in [0.1, 0.15) is 42.0 Å². The number of aromatic nitrogens is 1. The quantitative estimate of drug-likeness (QED) is 0.667. The number of hydrogen-bond donors (Lipinski definition) is 0. The van der Waals surface area contributed by atoms with Gasteiger partial charge >= 0.3 is 0 Å². The van der Waals surface area contributed by atoms with Crippen LogP contribution in [0.3, 0.4) is 0 Å². The van der Waals surface area contributed by atoms with E-state index in [-0.39, 0.29) is 11.2 Å². The number of aryl methyl sites for hydroxylation is 1. The summed E-state index contributed by atoms with van der Waals surface area (Å²) in [6.45, 7) is 6.43. The molecule has 1 aromatic heterocycles. The molecular formula is C17H18INO. The molecule has 0 spiro atoms. The van der Waals surface area contributed by atoms with Gasteiger partial charge in [-0.25, -0.2) is 0 Å². The summed E-state index contributed by atoms with van der Waals surface area (Å²) >= 11 is 2.31. The Kier molecular flexibility index (Phi) is 3.27. The number of carbonyl (C=O) groups excluding carboxylic acids is 1. The van der Waals surface area contributed by atoms with Crippen LogP contribution in [0.4, 0.5) is 0 Å². The molecule has 0 saturated carbocycles. The van der Waals surface area contributed by atoms with Gasteiger partial charge < -0.3 is 4.57 Å². The fraction of sp³-hybridized carbons (Fsp3) is 0.353. The molecule has 3 heteroatoms. The predicted molar refractivity (Wildman–Crippen MR) is 89.7 cm³/mol. The lowest BCUT2D eigenvalue weighted by Crippen LogP contribution is -2.27. The van der Waals surface area contributed by atoms with Crippen molar-refractivity contribution in [1.29, 1.82) is 0 Å². The molecule has 0 fully saturated rings. The average Bonchev–Trinajstić information content (AvgIpc) is 2.66. The van der Waals surface area contributed by atoms with Crippen molar-refractivity contribution in [2.24, 2.45) is 5.41 Å². The Morgan fingerprint density at radius 3 is 2.45 bits per heavy atom. The van der Waals surface area contributed by atoms with Gasteiger partial charge in [-0.15, -0.1) is 0 Å². The van der Waals surface area contributed by atoms with Crippen molar-refractivity contribution < 1.29 is 4.79 Å². The highest BCUT2D eigenvalue weighted by atomic mass is 127. The maximum atomic E-state index is 12.3. The zero-order valence-corrected chi connectivity index (χ0v) is 14.2. The highest BCUT2D eigenvalue weighted by Gasteiger charge is 2.34. The summed E-state index contributed by atoms with van der Waals surface area (Å²) < 4.78 is 3.46. The van der Waals surface area contributed by atoms with E-state index < -0.39 is 0 Å². The molecule has 3 rings (SSSR count). The predicted octanol–water partition coefficient (Wildman–Crippen LogP) is 4.55. The molecule has 0 bridgehead atoms. The minimum Gasteiger partial charge on any atom is -0.317 e. The van der Waals surface area contributed by atoms with Gasteiger partial charge in [0.05, 0.1) is 0 Å². The van der Waals surface area contributed by atoms with Crippen LogP contribution in [-0.4, -0.2) is 10.4 Å². The van der Waals surface area contributed by atoms with Crippen LogP contribution in [0.15, 0.2) is 30.3 Å². The van der Waals surface area contributed by atoms with Gasteiger partial charge in [-0.1, -0.05) is 13.8 Å². The Balaban J connectivity index is 2.18. The van der Waals surface area contributed by atoms with Gasteiger partial charge in [0.25, 0.3) is 0 Å². The van der Waals surface area contributed by atoms with Gasteiger partial charge in [0, 0.05) is 32.6 Å². The van der Waals surface area contributed by atoms with Crippen LogP contribution in [0, 0.1) is 15.9 Å². The number of hydrogen-bond acceptors (Lipinski definition) is 1. The molecule has 1 aliphatic carbocycles. The van der Waals surface area contributed by atoms with E-state index in [4.69, 9.17) is 0 Å². The van der Waals surface area contributed by atoms with Crippen LogP contribution in [-0.2, 0) is 6.42 Å². The topological polar surface area (TPSA) is 22.0 Å². The number of rotatable bonds is 1. The van der Waals surface area contributed by atoms with Crippen LogP contribution in [0.2, 0.25) is 0 Å². The highest BCUT2D eigenvalue weighted by molar-refractivity contribution is 14.1.